The molecule has 0 saturated heterocycles. The van der Waals surface area contributed by atoms with Crippen LogP contribution < -0.4 is 11.5 Å². The molecular formula is C40H40N6O8S2. The van der Waals surface area contributed by atoms with Crippen molar-refractivity contribution >= 4 is 64.5 Å². The lowest BCUT2D eigenvalue weighted by Gasteiger charge is -2.23. The second-order valence-corrected chi connectivity index (χ2v) is 16.1. The molecule has 0 aliphatic heterocycles. The summed E-state index contributed by atoms with van der Waals surface area (Å²) in [7, 11) is -10.1. The van der Waals surface area contributed by atoms with Crippen LogP contribution in [-0.4, -0.2) is 36.2 Å². The molecule has 0 heterocycles. The van der Waals surface area contributed by atoms with Gasteiger partial charge in [-0.15, -0.1) is 0 Å². The smallest absolute Gasteiger partial charge is 0.297 e. The Morgan fingerprint density at radius 3 is 1.07 bits per heavy atom. The van der Waals surface area contributed by atoms with Gasteiger partial charge in [-0.1, -0.05) is 52.0 Å². The average Bonchev–Trinajstić information content (AvgIpc) is 3.15. The molecule has 0 bridgehead atoms. The number of nitrogen functional groups attached to an aromatic ring is 2. The van der Waals surface area contributed by atoms with Gasteiger partial charge in [-0.3, -0.25) is 9.11 Å². The van der Waals surface area contributed by atoms with Crippen LogP contribution in [0.1, 0.15) is 49.9 Å². The Kier molecular flexibility index (Phi) is 10.4. The third-order valence-corrected chi connectivity index (χ3v) is 12.0. The molecule has 0 radical (unpaired) electrons. The largest absolute Gasteiger partial charge is 0.505 e. The summed E-state index contributed by atoms with van der Waals surface area (Å²) >= 11 is 0. The molecule has 6 rings (SSSR count). The van der Waals surface area contributed by atoms with Gasteiger partial charge in [0.05, 0.1) is 0 Å². The first-order valence-electron chi connectivity index (χ1n) is 17.6. The molecule has 0 aromatic heterocycles. The molecule has 56 heavy (non-hydrogen) atoms. The number of phenolic OH excluding ortho intramolecular Hbond substituents is 2. The van der Waals surface area contributed by atoms with Crippen LogP contribution in [0.15, 0.2) is 80.7 Å². The minimum atomic E-state index is -5.07. The lowest BCUT2D eigenvalue weighted by Crippen LogP contribution is -2.07. The van der Waals surface area contributed by atoms with Gasteiger partial charge in [0.2, 0.25) is 0 Å². The third-order valence-electron chi connectivity index (χ3n) is 10.2. The molecule has 0 aliphatic carbocycles. The number of hydrogen-bond donors (Lipinski definition) is 8. The number of hydrogen-bond acceptors (Lipinski definition) is 12. The Hall–Kier alpha value is -5.94. The van der Waals surface area contributed by atoms with E-state index in [9.17, 15) is 36.2 Å². The molecule has 16 heteroatoms. The zero-order chi connectivity index (χ0) is 41.0. The number of benzene rings is 6. The van der Waals surface area contributed by atoms with Gasteiger partial charge < -0.3 is 21.7 Å². The number of aryl methyl sites for hydroxylation is 4. The predicted octanol–water partition coefficient (Wildman–Crippen LogP) is 9.64. The van der Waals surface area contributed by atoms with Gasteiger partial charge in [0.15, 0.2) is 11.5 Å². The van der Waals surface area contributed by atoms with E-state index in [1.54, 1.807) is 0 Å². The zero-order valence-electron chi connectivity index (χ0n) is 30.9. The molecule has 0 amide bonds. The van der Waals surface area contributed by atoms with Crippen molar-refractivity contribution in [2.45, 2.75) is 63.2 Å². The molecular weight excluding hydrogens is 757 g/mol. The van der Waals surface area contributed by atoms with Gasteiger partial charge in [-0.2, -0.15) is 27.1 Å². The second-order valence-electron chi connectivity index (χ2n) is 13.3. The molecule has 0 atom stereocenters. The number of aromatic hydroxyl groups is 2. The van der Waals surface area contributed by atoms with Gasteiger partial charge in [-0.05, 0) is 117 Å². The number of anilines is 2. The molecule has 0 spiro atoms. The highest BCUT2D eigenvalue weighted by molar-refractivity contribution is 7.86. The quantitative estimate of drug-likeness (QED) is 0.0349. The van der Waals surface area contributed by atoms with E-state index in [-0.39, 0.29) is 44.0 Å². The highest BCUT2D eigenvalue weighted by Gasteiger charge is 2.33. The molecule has 290 valence electrons. The van der Waals surface area contributed by atoms with E-state index in [0.29, 0.717) is 59.1 Å². The summed E-state index contributed by atoms with van der Waals surface area (Å²) < 4.78 is 73.5. The molecule has 10 N–H and O–H groups in total. The predicted molar refractivity (Wildman–Crippen MR) is 217 cm³/mol. The monoisotopic (exact) mass is 796 g/mol. The van der Waals surface area contributed by atoms with Crippen LogP contribution >= 0.6 is 0 Å². The molecule has 0 fully saturated rings. The Balaban J connectivity index is 1.73. The van der Waals surface area contributed by atoms with Crippen molar-refractivity contribution in [3.05, 3.63) is 82.9 Å². The molecule has 0 unspecified atom stereocenters. The first kappa shape index (κ1) is 39.7. The van der Waals surface area contributed by atoms with Crippen molar-refractivity contribution < 1.29 is 36.2 Å². The third kappa shape index (κ3) is 6.49. The van der Waals surface area contributed by atoms with E-state index in [0.717, 1.165) is 11.1 Å². The Morgan fingerprint density at radius 1 is 0.518 bits per heavy atom. The molecule has 0 aliphatic rings. The molecule has 6 aromatic carbocycles. The summed E-state index contributed by atoms with van der Waals surface area (Å²) in [5.74, 6) is -1.19. The lowest BCUT2D eigenvalue weighted by molar-refractivity contribution is 0.471. The highest BCUT2D eigenvalue weighted by atomic mass is 32.2. The SMILES string of the molecule is CCc1cc(-c2cc(CC)c(-c3c(S(=O)(=O)O)c(N=N)c(O)c4ccc(N)cc34)c(CC)c2)cc(CC)c1-c1c(S(=O)(=O)O)c(N=N)c(O)c2ccc(N)cc12. The molecule has 14 nitrogen and oxygen atoms in total. The summed E-state index contributed by atoms with van der Waals surface area (Å²) in [4.78, 5) is -1.44. The zero-order valence-corrected chi connectivity index (χ0v) is 32.5. The van der Waals surface area contributed by atoms with Crippen molar-refractivity contribution in [3.8, 4) is 44.9 Å². The number of nitrogens with one attached hydrogen (secondary N) is 2. The van der Waals surface area contributed by atoms with Crippen LogP contribution in [0.4, 0.5) is 22.7 Å². The van der Waals surface area contributed by atoms with Gasteiger partial charge >= 0.3 is 0 Å². The Labute approximate surface area is 323 Å². The average molecular weight is 797 g/mol. The fraction of sp³-hybridized carbons (Fsp3) is 0.200. The molecule has 0 saturated carbocycles. The van der Waals surface area contributed by atoms with Gasteiger partial charge in [0.25, 0.3) is 20.2 Å². The van der Waals surface area contributed by atoms with Crippen LogP contribution in [0, 0.1) is 11.1 Å². The summed E-state index contributed by atoms with van der Waals surface area (Å²) in [6.07, 6.45) is 1.54. The minimum absolute atomic E-state index is 0.0459. The van der Waals surface area contributed by atoms with Crippen LogP contribution in [0.2, 0.25) is 0 Å². The van der Waals surface area contributed by atoms with Crippen LogP contribution in [0.25, 0.3) is 54.9 Å². The van der Waals surface area contributed by atoms with E-state index in [1.165, 1.54) is 36.4 Å². The number of phenols is 2. The van der Waals surface area contributed by atoms with E-state index in [2.05, 4.69) is 10.2 Å². The normalized spacial score (nSPS) is 12.0. The van der Waals surface area contributed by atoms with Crippen molar-refractivity contribution in [2.24, 2.45) is 10.2 Å². The van der Waals surface area contributed by atoms with Crippen LogP contribution in [0.5, 0.6) is 11.5 Å². The van der Waals surface area contributed by atoms with Crippen molar-refractivity contribution in [3.63, 3.8) is 0 Å². The Morgan fingerprint density at radius 2 is 0.821 bits per heavy atom. The fourth-order valence-electron chi connectivity index (χ4n) is 7.73. The van der Waals surface area contributed by atoms with Crippen LogP contribution in [-0.2, 0) is 45.9 Å². The standard InChI is InChI=1S/C40H40N6O8S2/c1-5-19-13-23(14-20(6-2)31(19)33-29-17-25(41)9-11-27(29)37(47)35(45-43)39(33)55(49,50)51)24-15-21(7-3)32(22(8-4)16-24)34-30-18-26(42)10-12-28(30)38(48)36(46-44)40(34)56(52,53)54/h9-18,43-44,47-48H,5-8,41-42H2,1-4H3,(H,49,50,51)(H,52,53,54). The maximum absolute atomic E-state index is 13.1. The van der Waals surface area contributed by atoms with Crippen molar-refractivity contribution in [2.75, 3.05) is 11.5 Å². The summed E-state index contributed by atoms with van der Waals surface area (Å²) in [5.41, 5.74) is 32.4. The van der Waals surface area contributed by atoms with E-state index < -0.39 is 52.9 Å². The van der Waals surface area contributed by atoms with Crippen molar-refractivity contribution in [1.82, 2.24) is 0 Å². The first-order valence-corrected chi connectivity index (χ1v) is 20.5. The summed E-state index contributed by atoms with van der Waals surface area (Å²) in [6, 6.07) is 16.6. The summed E-state index contributed by atoms with van der Waals surface area (Å²) in [5, 5.41) is 29.7. The van der Waals surface area contributed by atoms with E-state index >= 15 is 0 Å². The van der Waals surface area contributed by atoms with Gasteiger partial charge in [-0.25, -0.2) is 11.1 Å². The number of fused-ring (bicyclic) bond motifs is 2. The highest BCUT2D eigenvalue weighted by Crippen LogP contribution is 2.52. The second kappa shape index (κ2) is 14.6. The van der Waals surface area contributed by atoms with E-state index in [4.69, 9.17) is 22.5 Å². The Bertz CT molecular complexity index is 2650. The van der Waals surface area contributed by atoms with Crippen LogP contribution in [0.3, 0.4) is 0 Å². The lowest BCUT2D eigenvalue weighted by atomic mass is 9.83. The number of nitrogens with zero attached hydrogens (tertiary/aromatic N) is 2. The maximum atomic E-state index is 13.1. The minimum Gasteiger partial charge on any atom is -0.505 e. The molecule has 6 aromatic rings. The number of rotatable bonds is 11. The fourth-order valence-corrected chi connectivity index (χ4v) is 9.45. The van der Waals surface area contributed by atoms with Gasteiger partial charge in [0, 0.05) is 33.3 Å². The van der Waals surface area contributed by atoms with Crippen molar-refractivity contribution in [1.29, 1.82) is 11.1 Å². The maximum Gasteiger partial charge on any atom is 0.297 e. The summed E-state index contributed by atoms with van der Waals surface area (Å²) in [6.45, 7) is 7.53. The topological polar surface area (TPSA) is 274 Å². The van der Waals surface area contributed by atoms with Gasteiger partial charge in [0.1, 0.15) is 21.2 Å². The number of nitrogens with two attached hydrogens (primary N) is 2. The first-order chi connectivity index (χ1) is 26.4. The van der Waals surface area contributed by atoms with E-state index in [1.807, 2.05) is 52.0 Å².